The number of ether oxygens (including phenoxy) is 3. The second-order valence-electron chi connectivity index (χ2n) is 10.8. The fraction of sp³-hybridized carbons (Fsp3) is 0.826. The van der Waals surface area contributed by atoms with Gasteiger partial charge < -0.3 is 19.3 Å². The zero-order valence-electron chi connectivity index (χ0n) is 19.5. The molecular weight excluding hydrogens is 486 g/mol. The topological polar surface area (TPSA) is 82.1 Å². The molecule has 6 atom stereocenters. The van der Waals surface area contributed by atoms with E-state index >= 15 is 0 Å². The SMILES string of the molecule is C=C(C)C(=O)OC1C2CC3C1OC(=O)C3C2C1(OC(C)(C)C(O)(C(F)(F)F)C(F)(F)F)CCCC1. The van der Waals surface area contributed by atoms with Crippen LogP contribution in [-0.4, -0.2) is 58.4 Å². The molecule has 6 nitrogen and oxygen atoms in total. The van der Waals surface area contributed by atoms with Gasteiger partial charge in [0.25, 0.3) is 5.60 Å². The summed E-state index contributed by atoms with van der Waals surface area (Å²) in [6, 6.07) is 0. The first-order chi connectivity index (χ1) is 15.9. The number of rotatable bonds is 6. The molecule has 4 fully saturated rings. The number of hydrogen-bond acceptors (Lipinski definition) is 6. The van der Waals surface area contributed by atoms with Crippen molar-refractivity contribution in [3.8, 4) is 0 Å². The van der Waals surface area contributed by atoms with Crippen molar-refractivity contribution in [2.45, 2.75) is 94.2 Å². The van der Waals surface area contributed by atoms with E-state index in [2.05, 4.69) is 6.58 Å². The quantitative estimate of drug-likeness (QED) is 0.324. The molecule has 3 aliphatic carbocycles. The van der Waals surface area contributed by atoms with Crippen molar-refractivity contribution in [2.75, 3.05) is 0 Å². The van der Waals surface area contributed by atoms with Crippen molar-refractivity contribution in [3.63, 3.8) is 0 Å². The van der Waals surface area contributed by atoms with E-state index < -0.39 is 77.0 Å². The van der Waals surface area contributed by atoms with Gasteiger partial charge in [-0.3, -0.25) is 4.79 Å². The lowest BCUT2D eigenvalue weighted by Gasteiger charge is -2.51. The molecule has 1 aliphatic heterocycles. The van der Waals surface area contributed by atoms with E-state index in [1.165, 1.54) is 6.92 Å². The Morgan fingerprint density at radius 3 is 2.11 bits per heavy atom. The van der Waals surface area contributed by atoms with Crippen LogP contribution < -0.4 is 0 Å². The van der Waals surface area contributed by atoms with Crippen LogP contribution in [0.25, 0.3) is 0 Å². The first kappa shape index (κ1) is 26.2. The molecule has 0 spiro atoms. The summed E-state index contributed by atoms with van der Waals surface area (Å²) in [5.41, 5.74) is -9.80. The van der Waals surface area contributed by atoms with Crippen LogP contribution >= 0.6 is 0 Å². The summed E-state index contributed by atoms with van der Waals surface area (Å²) in [5, 5.41) is 10.1. The Kier molecular flexibility index (Phi) is 5.88. The van der Waals surface area contributed by atoms with Gasteiger partial charge in [-0.25, -0.2) is 4.79 Å². The normalized spacial score (nSPS) is 34.3. The summed E-state index contributed by atoms with van der Waals surface area (Å²) in [4.78, 5) is 25.0. The molecule has 2 bridgehead atoms. The van der Waals surface area contributed by atoms with Crippen molar-refractivity contribution in [3.05, 3.63) is 12.2 Å². The van der Waals surface area contributed by atoms with Gasteiger partial charge in [0.15, 0.2) is 0 Å². The third kappa shape index (κ3) is 3.60. The lowest BCUT2D eigenvalue weighted by atomic mass is 9.67. The van der Waals surface area contributed by atoms with Crippen molar-refractivity contribution in [1.29, 1.82) is 0 Å². The van der Waals surface area contributed by atoms with Crippen LogP contribution in [-0.2, 0) is 23.8 Å². The van der Waals surface area contributed by atoms with Crippen LogP contribution in [0.5, 0.6) is 0 Å². The molecule has 35 heavy (non-hydrogen) atoms. The molecule has 0 aromatic carbocycles. The van der Waals surface area contributed by atoms with Crippen LogP contribution in [0.15, 0.2) is 12.2 Å². The molecule has 0 aromatic heterocycles. The van der Waals surface area contributed by atoms with E-state index in [0.717, 1.165) is 0 Å². The summed E-state index contributed by atoms with van der Waals surface area (Å²) in [5.74, 6) is -3.96. The third-order valence-electron chi connectivity index (χ3n) is 8.35. The standard InChI is InChI=1S/C23H28F6O6/c1-10(2)17(30)33-16-12-9-11-13(18(31)34-15(11)16)14(12)20(7-5-6-8-20)35-19(3,4)21(32,22(24,25)26)23(27,28)29/h11-16,32H,1,5-9H2,2-4H3. The molecule has 1 N–H and O–H groups in total. The molecule has 3 saturated carbocycles. The number of fused-ring (bicyclic) bond motifs is 1. The van der Waals surface area contributed by atoms with Crippen LogP contribution in [0.4, 0.5) is 26.3 Å². The predicted molar refractivity (Wildman–Crippen MR) is 107 cm³/mol. The molecule has 6 unspecified atom stereocenters. The smallest absolute Gasteiger partial charge is 0.429 e. The van der Waals surface area contributed by atoms with Gasteiger partial charge in [-0.15, -0.1) is 0 Å². The summed E-state index contributed by atoms with van der Waals surface area (Å²) in [7, 11) is 0. The summed E-state index contributed by atoms with van der Waals surface area (Å²) < 4.78 is 99.1. The molecule has 0 aromatic rings. The molecule has 198 valence electrons. The van der Waals surface area contributed by atoms with Gasteiger partial charge in [0.05, 0.1) is 11.5 Å². The van der Waals surface area contributed by atoms with Gasteiger partial charge in [-0.05, 0) is 40.0 Å². The highest BCUT2D eigenvalue weighted by Crippen LogP contribution is 2.65. The van der Waals surface area contributed by atoms with Crippen molar-refractivity contribution < 1.29 is 55.2 Å². The Morgan fingerprint density at radius 2 is 1.63 bits per heavy atom. The third-order valence-corrected chi connectivity index (χ3v) is 8.35. The maximum atomic E-state index is 13.7. The Bertz CT molecular complexity index is 904. The van der Waals surface area contributed by atoms with Gasteiger partial charge in [0.2, 0.25) is 0 Å². The van der Waals surface area contributed by atoms with E-state index in [0.29, 0.717) is 33.1 Å². The number of carbonyl (C=O) groups is 2. The van der Waals surface area contributed by atoms with Crippen LogP contribution in [0.3, 0.4) is 0 Å². The van der Waals surface area contributed by atoms with Crippen molar-refractivity contribution in [2.24, 2.45) is 23.7 Å². The average Bonchev–Trinajstić information content (AvgIpc) is 3.43. The van der Waals surface area contributed by atoms with Gasteiger partial charge in [-0.1, -0.05) is 19.4 Å². The fourth-order valence-electron chi connectivity index (χ4n) is 6.99. The summed E-state index contributed by atoms with van der Waals surface area (Å²) in [6.07, 6.45) is -12.4. The average molecular weight is 514 g/mol. The Morgan fingerprint density at radius 1 is 1.09 bits per heavy atom. The number of halogens is 6. The molecule has 4 aliphatic rings. The Labute approximate surface area is 198 Å². The van der Waals surface area contributed by atoms with Crippen LogP contribution in [0.2, 0.25) is 0 Å². The molecule has 1 heterocycles. The maximum Gasteiger partial charge on any atom is 0.429 e. The van der Waals surface area contributed by atoms with Crippen LogP contribution in [0, 0.1) is 23.7 Å². The highest BCUT2D eigenvalue weighted by molar-refractivity contribution is 5.87. The van der Waals surface area contributed by atoms with E-state index in [9.17, 15) is 41.0 Å². The number of esters is 2. The van der Waals surface area contributed by atoms with E-state index in [1.54, 1.807) is 0 Å². The molecule has 1 saturated heterocycles. The molecule has 0 radical (unpaired) electrons. The minimum absolute atomic E-state index is 0.0890. The Hall–Kier alpha value is -1.82. The second-order valence-corrected chi connectivity index (χ2v) is 10.8. The fourth-order valence-corrected chi connectivity index (χ4v) is 6.99. The number of alkyl halides is 6. The largest absolute Gasteiger partial charge is 0.458 e. The van der Waals surface area contributed by atoms with Gasteiger partial charge >= 0.3 is 24.3 Å². The summed E-state index contributed by atoms with van der Waals surface area (Å²) in [6.45, 7) is 6.08. The Balaban J connectivity index is 1.74. The zero-order valence-corrected chi connectivity index (χ0v) is 19.5. The van der Waals surface area contributed by atoms with E-state index in [-0.39, 0.29) is 18.4 Å². The lowest BCUT2D eigenvalue weighted by Crippen LogP contribution is -2.71. The lowest BCUT2D eigenvalue weighted by molar-refractivity contribution is -0.423. The first-order valence-electron chi connectivity index (χ1n) is 11.5. The van der Waals surface area contributed by atoms with E-state index in [4.69, 9.17) is 14.2 Å². The van der Waals surface area contributed by atoms with Crippen LogP contribution in [0.1, 0.15) is 52.9 Å². The molecule has 12 heteroatoms. The van der Waals surface area contributed by atoms with Gasteiger partial charge in [-0.2, -0.15) is 26.3 Å². The van der Waals surface area contributed by atoms with Gasteiger partial charge in [0.1, 0.15) is 17.8 Å². The van der Waals surface area contributed by atoms with Gasteiger partial charge in [0, 0.05) is 23.3 Å². The second kappa shape index (κ2) is 7.84. The highest BCUT2D eigenvalue weighted by atomic mass is 19.4. The minimum atomic E-state index is -6.08. The monoisotopic (exact) mass is 514 g/mol. The van der Waals surface area contributed by atoms with E-state index in [1.807, 2.05) is 0 Å². The molecule has 4 rings (SSSR count). The maximum absolute atomic E-state index is 13.7. The molecule has 0 amide bonds. The van der Waals surface area contributed by atoms with Crippen molar-refractivity contribution >= 4 is 11.9 Å². The zero-order chi connectivity index (χ0) is 26.4. The molecular formula is C23H28F6O6. The number of carbonyl (C=O) groups excluding carboxylic acids is 2. The summed E-state index contributed by atoms with van der Waals surface area (Å²) >= 11 is 0. The number of aliphatic hydroxyl groups is 1. The minimum Gasteiger partial charge on any atom is -0.458 e. The van der Waals surface area contributed by atoms with Crippen molar-refractivity contribution in [1.82, 2.24) is 0 Å². The first-order valence-corrected chi connectivity index (χ1v) is 11.5. The highest BCUT2D eigenvalue weighted by Gasteiger charge is 2.80. The number of hydrogen-bond donors (Lipinski definition) is 1. The predicted octanol–water partition coefficient (Wildman–Crippen LogP) is 4.25.